The van der Waals surface area contributed by atoms with Crippen molar-refractivity contribution in [1.29, 1.82) is 0 Å². The van der Waals surface area contributed by atoms with Crippen molar-refractivity contribution in [2.45, 2.75) is 45.3 Å². The van der Waals surface area contributed by atoms with E-state index in [1.54, 1.807) is 0 Å². The quantitative estimate of drug-likeness (QED) is 0.150. The maximum absolute atomic E-state index is 11.6. The van der Waals surface area contributed by atoms with Crippen LogP contribution in [0.2, 0.25) is 0 Å². The summed E-state index contributed by atoms with van der Waals surface area (Å²) >= 11 is 0. The molecule has 0 aromatic rings. The molecule has 0 spiro atoms. The van der Waals surface area contributed by atoms with Crippen molar-refractivity contribution < 1.29 is 47.5 Å². The van der Waals surface area contributed by atoms with Crippen LogP contribution in [0.5, 0.6) is 0 Å². The zero-order chi connectivity index (χ0) is 22.7. The van der Waals surface area contributed by atoms with Crippen LogP contribution in [-0.2, 0) is 47.5 Å². The molecule has 1 rings (SSSR count). The Morgan fingerprint density at radius 3 is 1.52 bits per heavy atom. The van der Waals surface area contributed by atoms with Crippen LogP contribution in [0.4, 0.5) is 0 Å². The van der Waals surface area contributed by atoms with E-state index in [-0.39, 0.29) is 43.5 Å². The molecule has 0 amide bonds. The molecule has 0 bridgehead atoms. The first kappa shape index (κ1) is 27.6. The number of rotatable bonds is 20. The largest absolute Gasteiger partial charge is 0.446 e. The number of ether oxygens (including phenoxy) is 7. The fourth-order valence-electron chi connectivity index (χ4n) is 2.49. The molecular weight excluding hydrogens is 412 g/mol. The van der Waals surface area contributed by atoms with Crippen LogP contribution in [0.15, 0.2) is 0 Å². The van der Waals surface area contributed by atoms with Crippen LogP contribution in [-0.4, -0.2) is 102 Å². The first-order valence-corrected chi connectivity index (χ1v) is 10.8. The maximum Gasteiger partial charge on any atom is 0.309 e. The molecule has 31 heavy (non-hydrogen) atoms. The lowest BCUT2D eigenvalue weighted by atomic mass is 10.3. The molecular formula is C21H36O10. The minimum atomic E-state index is -1.22. The fraction of sp³-hybridized carbons (Fsp3) is 0.857. The molecule has 1 saturated carbocycles. The van der Waals surface area contributed by atoms with Gasteiger partial charge in [-0.25, -0.2) is 0 Å². The van der Waals surface area contributed by atoms with Crippen molar-refractivity contribution in [3.63, 3.8) is 0 Å². The van der Waals surface area contributed by atoms with Gasteiger partial charge < -0.3 is 33.2 Å². The van der Waals surface area contributed by atoms with Gasteiger partial charge in [-0.1, -0.05) is 0 Å². The number of esters is 1. The third-order valence-corrected chi connectivity index (χ3v) is 4.07. The number of hydrogen-bond donors (Lipinski definition) is 0. The summed E-state index contributed by atoms with van der Waals surface area (Å²) in [5, 5.41) is 0. The number of carbonyl (C=O) groups is 3. The van der Waals surface area contributed by atoms with Gasteiger partial charge in [0, 0.05) is 12.8 Å². The van der Waals surface area contributed by atoms with Crippen LogP contribution in [0, 0.1) is 0 Å². The summed E-state index contributed by atoms with van der Waals surface area (Å²) in [5.74, 6) is -1.28. The molecule has 1 aliphatic rings. The molecule has 0 aliphatic heterocycles. The second-order valence-corrected chi connectivity index (χ2v) is 7.03. The van der Waals surface area contributed by atoms with E-state index in [1.165, 1.54) is 0 Å². The van der Waals surface area contributed by atoms with Gasteiger partial charge in [-0.05, 0) is 13.8 Å². The summed E-state index contributed by atoms with van der Waals surface area (Å²) < 4.78 is 37.0. The summed E-state index contributed by atoms with van der Waals surface area (Å²) in [6.45, 7) is 8.82. The molecule has 10 nitrogen and oxygen atoms in total. The Morgan fingerprint density at radius 2 is 1.10 bits per heavy atom. The topological polar surface area (TPSA) is 116 Å². The molecule has 0 atom stereocenters. The third-order valence-electron chi connectivity index (χ3n) is 4.07. The molecule has 1 aliphatic carbocycles. The zero-order valence-corrected chi connectivity index (χ0v) is 18.6. The van der Waals surface area contributed by atoms with Crippen LogP contribution < -0.4 is 0 Å². The Hall–Kier alpha value is -1.43. The van der Waals surface area contributed by atoms with E-state index < -0.39 is 12.1 Å². The van der Waals surface area contributed by atoms with E-state index in [0.717, 1.165) is 0 Å². The standard InChI is InChI=1S/C21H36O10/c1-17(2)30-16-15-29-14-13-28-12-11-27-10-9-26-8-7-25-6-5-20(24)31-21-18(22)3-4-19(21)23/h17,21H,3-16H2,1-2H3. The van der Waals surface area contributed by atoms with E-state index in [2.05, 4.69) is 0 Å². The smallest absolute Gasteiger partial charge is 0.309 e. The Kier molecular flexibility index (Phi) is 16.2. The molecule has 1 fully saturated rings. The van der Waals surface area contributed by atoms with Crippen LogP contribution >= 0.6 is 0 Å². The Bertz CT molecular complexity index is 492. The summed E-state index contributed by atoms with van der Waals surface area (Å²) in [5.41, 5.74) is 0. The molecule has 0 heterocycles. The number of hydrogen-bond acceptors (Lipinski definition) is 10. The fourth-order valence-corrected chi connectivity index (χ4v) is 2.49. The maximum atomic E-state index is 11.6. The lowest BCUT2D eigenvalue weighted by molar-refractivity contribution is -0.158. The molecule has 0 saturated heterocycles. The Balaban J connectivity index is 1.76. The van der Waals surface area contributed by atoms with E-state index in [0.29, 0.717) is 66.1 Å². The van der Waals surface area contributed by atoms with Gasteiger partial charge in [-0.15, -0.1) is 0 Å². The molecule has 10 heteroatoms. The predicted octanol–water partition coefficient (Wildman–Crippen LogP) is 0.728. The molecule has 0 N–H and O–H groups in total. The molecule has 0 unspecified atom stereocenters. The molecule has 0 aromatic heterocycles. The van der Waals surface area contributed by atoms with Gasteiger partial charge in [0.25, 0.3) is 0 Å². The summed E-state index contributed by atoms with van der Waals surface area (Å²) in [4.78, 5) is 34.4. The number of Topliss-reactive ketones (excluding diaryl/α,β-unsaturated/α-hetero) is 2. The van der Waals surface area contributed by atoms with Gasteiger partial charge in [0.15, 0.2) is 11.6 Å². The van der Waals surface area contributed by atoms with E-state index in [9.17, 15) is 14.4 Å². The average Bonchev–Trinajstić information content (AvgIpc) is 3.04. The lowest BCUT2D eigenvalue weighted by Crippen LogP contribution is -2.28. The zero-order valence-electron chi connectivity index (χ0n) is 18.6. The van der Waals surface area contributed by atoms with Crippen LogP contribution in [0.25, 0.3) is 0 Å². The average molecular weight is 449 g/mol. The highest BCUT2D eigenvalue weighted by Gasteiger charge is 2.35. The van der Waals surface area contributed by atoms with Gasteiger partial charge in [-0.3, -0.25) is 14.4 Å². The second-order valence-electron chi connectivity index (χ2n) is 7.03. The van der Waals surface area contributed by atoms with Gasteiger partial charge in [0.1, 0.15) is 0 Å². The van der Waals surface area contributed by atoms with Crippen molar-refractivity contribution in [3.8, 4) is 0 Å². The highest BCUT2D eigenvalue weighted by molar-refractivity contribution is 6.12. The Morgan fingerprint density at radius 1 is 0.710 bits per heavy atom. The SMILES string of the molecule is CC(C)OCCOCCOCCOCCOCCOCCC(=O)OC1C(=O)CCC1=O. The Labute approximate surface area is 183 Å². The minimum Gasteiger partial charge on any atom is -0.446 e. The molecule has 0 aromatic carbocycles. The predicted molar refractivity (Wildman–Crippen MR) is 109 cm³/mol. The van der Waals surface area contributed by atoms with Crippen molar-refractivity contribution in [3.05, 3.63) is 0 Å². The highest BCUT2D eigenvalue weighted by Crippen LogP contribution is 2.14. The first-order valence-electron chi connectivity index (χ1n) is 10.8. The van der Waals surface area contributed by atoms with Crippen molar-refractivity contribution in [2.24, 2.45) is 0 Å². The van der Waals surface area contributed by atoms with Gasteiger partial charge in [0.05, 0.1) is 85.2 Å². The van der Waals surface area contributed by atoms with Gasteiger partial charge >= 0.3 is 5.97 Å². The summed E-state index contributed by atoms with van der Waals surface area (Å²) in [6, 6.07) is 0. The van der Waals surface area contributed by atoms with Crippen molar-refractivity contribution >= 4 is 17.5 Å². The monoisotopic (exact) mass is 448 g/mol. The van der Waals surface area contributed by atoms with Gasteiger partial charge in [0.2, 0.25) is 6.10 Å². The summed E-state index contributed by atoms with van der Waals surface area (Å²) in [7, 11) is 0. The van der Waals surface area contributed by atoms with Crippen LogP contribution in [0.3, 0.4) is 0 Å². The minimum absolute atomic E-state index is 0.0169. The van der Waals surface area contributed by atoms with Gasteiger partial charge in [-0.2, -0.15) is 0 Å². The van der Waals surface area contributed by atoms with E-state index in [1.807, 2.05) is 13.8 Å². The normalized spacial score (nSPS) is 14.7. The third kappa shape index (κ3) is 15.1. The lowest BCUT2D eigenvalue weighted by Gasteiger charge is -2.10. The van der Waals surface area contributed by atoms with Crippen molar-refractivity contribution in [2.75, 3.05) is 72.7 Å². The van der Waals surface area contributed by atoms with Crippen LogP contribution in [0.1, 0.15) is 33.1 Å². The molecule has 180 valence electrons. The number of ketones is 2. The first-order chi connectivity index (χ1) is 15.0. The second kappa shape index (κ2) is 18.2. The van der Waals surface area contributed by atoms with E-state index in [4.69, 9.17) is 33.2 Å². The molecule has 0 radical (unpaired) electrons. The van der Waals surface area contributed by atoms with E-state index >= 15 is 0 Å². The number of carbonyl (C=O) groups excluding carboxylic acids is 3. The van der Waals surface area contributed by atoms with Crippen molar-refractivity contribution in [1.82, 2.24) is 0 Å². The summed E-state index contributed by atoms with van der Waals surface area (Å²) in [6.07, 6.45) is -0.731. The highest BCUT2D eigenvalue weighted by atomic mass is 16.6.